The number of hydrogen-bond donors (Lipinski definition) is 3. The van der Waals surface area contributed by atoms with Crippen LogP contribution >= 0.6 is 46.8 Å². The van der Waals surface area contributed by atoms with E-state index in [1.165, 1.54) is 0 Å². The molecular weight excluding hydrogens is 777 g/mol. The Morgan fingerprint density at radius 2 is 1.94 bits per heavy atom. The van der Waals surface area contributed by atoms with Gasteiger partial charge in [0.25, 0.3) is 5.91 Å². The summed E-state index contributed by atoms with van der Waals surface area (Å²) >= 11 is 9.27. The van der Waals surface area contributed by atoms with Gasteiger partial charge < -0.3 is 25.6 Å². The van der Waals surface area contributed by atoms with Crippen LogP contribution in [0.4, 0.5) is 16.2 Å². The van der Waals surface area contributed by atoms with Crippen molar-refractivity contribution in [2.45, 2.75) is 51.8 Å². The molecule has 0 saturated carbocycles. The Bertz CT molecular complexity index is 2020. The molecule has 14 heteroatoms. The summed E-state index contributed by atoms with van der Waals surface area (Å²) < 4.78 is 12.8. The van der Waals surface area contributed by atoms with E-state index in [-0.39, 0.29) is 11.9 Å². The van der Waals surface area contributed by atoms with E-state index >= 15 is 0 Å². The third kappa shape index (κ3) is 8.17. The molecule has 3 aromatic heterocycles. The fraction of sp³-hybridized carbons (Fsp3) is 0.314. The van der Waals surface area contributed by atoms with Crippen molar-refractivity contribution < 1.29 is 16.8 Å². The fourth-order valence-electron chi connectivity index (χ4n) is 6.10. The lowest BCUT2D eigenvalue weighted by molar-refractivity contribution is 0.0500. The van der Waals surface area contributed by atoms with E-state index in [0.29, 0.717) is 29.3 Å². The molecular formula is C35H37ClIN7O4S. The number of nitrogens with one attached hydrogen (secondary N) is 3. The molecule has 2 aromatic carbocycles. The van der Waals surface area contributed by atoms with Crippen molar-refractivity contribution in [2.75, 3.05) is 30.4 Å². The maximum atomic E-state index is 12.8. The summed E-state index contributed by atoms with van der Waals surface area (Å²) in [6.45, 7) is 7.51. The van der Waals surface area contributed by atoms with Gasteiger partial charge in [-0.05, 0) is 75.1 Å². The highest BCUT2D eigenvalue weighted by molar-refractivity contribution is 14.1. The number of benzene rings is 2. The molecule has 0 bridgehead atoms. The van der Waals surface area contributed by atoms with Gasteiger partial charge in [0.05, 0.1) is 28.7 Å². The summed E-state index contributed by atoms with van der Waals surface area (Å²) in [6.07, 6.45) is 6.69. The summed E-state index contributed by atoms with van der Waals surface area (Å²) in [5.41, 5.74) is 6.08. The maximum absolute atomic E-state index is 12.8. The summed E-state index contributed by atoms with van der Waals surface area (Å²) in [5, 5.41) is 11.8. The lowest BCUT2D eigenvalue weighted by Crippen LogP contribution is -2.49. The molecule has 1 aliphatic heterocycles. The van der Waals surface area contributed by atoms with E-state index in [9.17, 15) is 9.59 Å². The predicted octanol–water partition coefficient (Wildman–Crippen LogP) is 8.15. The van der Waals surface area contributed by atoms with Crippen molar-refractivity contribution in [2.24, 2.45) is 0 Å². The first-order valence-corrected chi connectivity index (χ1v) is 17.8. The first-order chi connectivity index (χ1) is 23.5. The van der Waals surface area contributed by atoms with E-state index in [1.54, 1.807) is 13.2 Å². The van der Waals surface area contributed by atoms with Crippen molar-refractivity contribution in [3.63, 3.8) is 0 Å². The number of aromatic nitrogens is 3. The number of carbonyl (C=O) groups excluding carboxylic acids is 2. The van der Waals surface area contributed by atoms with Gasteiger partial charge in [-0.3, -0.25) is 13.8 Å². The highest BCUT2D eigenvalue weighted by Gasteiger charge is 2.27. The number of rotatable bonds is 9. The summed E-state index contributed by atoms with van der Waals surface area (Å²) in [4.78, 5) is 37.1. The Kier molecular flexibility index (Phi) is 10.7. The molecule has 4 heterocycles. The van der Waals surface area contributed by atoms with Crippen LogP contribution in [0.15, 0.2) is 67.1 Å². The van der Waals surface area contributed by atoms with Gasteiger partial charge in [0.15, 0.2) is 5.65 Å². The summed E-state index contributed by atoms with van der Waals surface area (Å²) in [6, 6.07) is 15.7. The Morgan fingerprint density at radius 3 is 2.69 bits per heavy atom. The number of halogens is 2. The van der Waals surface area contributed by atoms with Crippen LogP contribution in [0.3, 0.4) is 0 Å². The number of pyridine rings is 2. The topological polar surface area (TPSA) is 123 Å². The van der Waals surface area contributed by atoms with Gasteiger partial charge in [-0.15, -0.1) is 0 Å². The lowest BCUT2D eigenvalue weighted by Gasteiger charge is -2.36. The van der Waals surface area contributed by atoms with Gasteiger partial charge in [-0.25, -0.2) is 12.3 Å². The Labute approximate surface area is 308 Å². The van der Waals surface area contributed by atoms with Crippen molar-refractivity contribution in [1.29, 1.82) is 0 Å². The lowest BCUT2D eigenvalue weighted by atomic mass is 9.99. The van der Waals surface area contributed by atoms with Crippen LogP contribution in [-0.2, 0) is 13.8 Å². The van der Waals surface area contributed by atoms with Crippen molar-refractivity contribution in [3.05, 3.63) is 83.3 Å². The van der Waals surface area contributed by atoms with Crippen LogP contribution < -0.4 is 20.9 Å². The second kappa shape index (κ2) is 15.0. The minimum absolute atomic E-state index is 0.103. The van der Waals surface area contributed by atoms with E-state index in [4.69, 9.17) is 23.8 Å². The van der Waals surface area contributed by atoms with Gasteiger partial charge in [-0.1, -0.05) is 29.8 Å². The van der Waals surface area contributed by atoms with E-state index in [0.717, 1.165) is 76.0 Å². The normalized spacial score (nSPS) is 15.0. The highest BCUT2D eigenvalue weighted by atomic mass is 127. The molecule has 0 radical (unpaired) electrons. The molecule has 1 aliphatic rings. The number of amides is 2. The van der Waals surface area contributed by atoms with Crippen LogP contribution in [0.2, 0.25) is 5.02 Å². The molecule has 0 aliphatic carbocycles. The minimum Gasteiger partial charge on any atom is -0.444 e. The molecule has 5 aromatic rings. The molecule has 0 spiro atoms. The SMILES string of the molecule is CNC(=O)c1cnc2c(c1)c(-c1ccc3ncc(NCc4cccc(Cl)c4)c(N4CCCC(NC(=O)OC(C)(C)C)C4)c3c1)cn2SOI. The third-order valence-corrected chi connectivity index (χ3v) is 9.40. The molecule has 11 nitrogen and oxygen atoms in total. The third-order valence-electron chi connectivity index (χ3n) is 8.19. The van der Waals surface area contributed by atoms with Crippen LogP contribution in [0.25, 0.3) is 33.1 Å². The largest absolute Gasteiger partial charge is 0.444 e. The average molecular weight is 814 g/mol. The zero-order valence-electron chi connectivity index (χ0n) is 27.5. The predicted molar refractivity (Wildman–Crippen MR) is 205 cm³/mol. The number of hydrogen-bond acceptors (Lipinski definition) is 9. The molecule has 49 heavy (non-hydrogen) atoms. The van der Waals surface area contributed by atoms with Crippen LogP contribution in [0.5, 0.6) is 0 Å². The van der Waals surface area contributed by atoms with Gasteiger partial charge in [0.1, 0.15) is 40.8 Å². The molecule has 256 valence electrons. The highest BCUT2D eigenvalue weighted by Crippen LogP contribution is 2.40. The first-order valence-electron chi connectivity index (χ1n) is 15.9. The standard InChI is InChI=1S/C35H37ClIN7O4S/c1-35(2,3)47-34(46)42-25-9-6-12-43(19-25)31-27-14-22(10-11-29(27)40-18-30(31)39-16-21-7-5-8-24(36)13-21)28-20-44(49-48-37)32-26(28)15-23(17-41-32)33(45)38-4/h5,7-8,10-11,13-15,17-18,20,25,39H,6,9,12,16,19H2,1-4H3,(H,38,45)(H,42,46). The second-order valence-electron chi connectivity index (χ2n) is 12.8. The summed E-state index contributed by atoms with van der Waals surface area (Å²) in [7, 11) is 1.60. The molecule has 1 unspecified atom stereocenters. The minimum atomic E-state index is -0.589. The van der Waals surface area contributed by atoms with Gasteiger partial charge in [-0.2, -0.15) is 0 Å². The van der Waals surface area contributed by atoms with Gasteiger partial charge in [0.2, 0.25) is 0 Å². The quantitative estimate of drug-likeness (QED) is 0.100. The van der Waals surface area contributed by atoms with Crippen molar-refractivity contribution >= 4 is 92.1 Å². The Hall–Kier alpha value is -3.79. The van der Waals surface area contributed by atoms with E-state index in [2.05, 4.69) is 31.9 Å². The van der Waals surface area contributed by atoms with Crippen LogP contribution in [-0.4, -0.2) is 57.7 Å². The molecule has 1 fully saturated rings. The first kappa shape index (κ1) is 35.1. The fourth-order valence-corrected chi connectivity index (χ4v) is 7.26. The maximum Gasteiger partial charge on any atom is 0.407 e. The van der Waals surface area contributed by atoms with E-state index in [1.807, 2.05) is 103 Å². The number of fused-ring (bicyclic) bond motifs is 2. The number of piperidine rings is 1. The van der Waals surface area contributed by atoms with E-state index < -0.39 is 11.7 Å². The van der Waals surface area contributed by atoms with Gasteiger partial charge in [0, 0.05) is 66.5 Å². The molecule has 1 saturated heterocycles. The summed E-state index contributed by atoms with van der Waals surface area (Å²) in [5.74, 6) is -0.217. The van der Waals surface area contributed by atoms with Crippen molar-refractivity contribution in [1.82, 2.24) is 24.6 Å². The van der Waals surface area contributed by atoms with Gasteiger partial charge >= 0.3 is 6.09 Å². The smallest absolute Gasteiger partial charge is 0.407 e. The number of ether oxygens (including phenoxy) is 1. The molecule has 3 N–H and O–H groups in total. The number of alkyl carbamates (subject to hydrolysis) is 1. The number of nitrogens with zero attached hydrogens (tertiary/aromatic N) is 4. The average Bonchev–Trinajstić information content (AvgIpc) is 3.43. The zero-order chi connectivity index (χ0) is 34.7. The monoisotopic (exact) mass is 813 g/mol. The number of anilines is 2. The molecule has 2 amide bonds. The number of carbonyl (C=O) groups is 2. The van der Waals surface area contributed by atoms with Crippen LogP contribution in [0, 0.1) is 0 Å². The Balaban J connectivity index is 1.45. The molecule has 6 rings (SSSR count). The van der Waals surface area contributed by atoms with Crippen LogP contribution in [0.1, 0.15) is 49.5 Å². The molecule has 1 atom stereocenters. The zero-order valence-corrected chi connectivity index (χ0v) is 31.3. The second-order valence-corrected chi connectivity index (χ2v) is 15.0. The van der Waals surface area contributed by atoms with Crippen molar-refractivity contribution in [3.8, 4) is 11.1 Å². The Morgan fingerprint density at radius 1 is 1.10 bits per heavy atom.